The minimum atomic E-state index is -1.07. The van der Waals surface area contributed by atoms with Gasteiger partial charge >= 0.3 is 11.7 Å². The number of carbonyl (C=O) groups excluding carboxylic acids is 1. The molecule has 0 spiro atoms. The highest BCUT2D eigenvalue weighted by Crippen LogP contribution is 2.02. The minimum Gasteiger partial charge on any atom is -0.426 e. The third-order valence-corrected chi connectivity index (χ3v) is 1.69. The normalized spacial score (nSPS) is 10.0. The first kappa shape index (κ1) is 11.6. The van der Waals surface area contributed by atoms with Crippen LogP contribution in [0.3, 0.4) is 0 Å². The molecule has 0 heterocycles. The van der Waals surface area contributed by atoms with E-state index < -0.39 is 16.6 Å². The molecule has 1 rings (SSSR count). The summed E-state index contributed by atoms with van der Waals surface area (Å²) in [7, 11) is 0. The molecule has 0 N–H and O–H groups in total. The van der Waals surface area contributed by atoms with Crippen molar-refractivity contribution >= 4 is 12.0 Å². The molecule has 5 nitrogen and oxygen atoms in total. The molecular formula is C11H9NO4. The zero-order valence-corrected chi connectivity index (χ0v) is 8.33. The van der Waals surface area contributed by atoms with Crippen LogP contribution in [0.15, 0.2) is 48.9 Å². The van der Waals surface area contributed by atoms with Gasteiger partial charge in [0.1, 0.15) is 0 Å². The maximum absolute atomic E-state index is 11.0. The first-order valence-electron chi connectivity index (χ1n) is 4.37. The van der Waals surface area contributed by atoms with Gasteiger partial charge in [-0.05, 0) is 18.2 Å². The quantitative estimate of drug-likeness (QED) is 0.255. The monoisotopic (exact) mass is 219 g/mol. The van der Waals surface area contributed by atoms with Crippen LogP contribution < -0.4 is 0 Å². The maximum atomic E-state index is 11.0. The molecule has 1 aromatic rings. The van der Waals surface area contributed by atoms with E-state index in [1.165, 1.54) is 6.08 Å². The van der Waals surface area contributed by atoms with Crippen molar-refractivity contribution in [3.8, 4) is 0 Å². The van der Waals surface area contributed by atoms with Gasteiger partial charge in [-0.25, -0.2) is 4.79 Å². The van der Waals surface area contributed by atoms with E-state index in [0.29, 0.717) is 0 Å². The van der Waals surface area contributed by atoms with Gasteiger partial charge in [0.05, 0.1) is 11.2 Å². The van der Waals surface area contributed by atoms with Crippen LogP contribution in [-0.4, -0.2) is 10.9 Å². The van der Waals surface area contributed by atoms with Gasteiger partial charge in [0.15, 0.2) is 0 Å². The molecular weight excluding hydrogens is 210 g/mol. The van der Waals surface area contributed by atoms with Crippen molar-refractivity contribution in [3.05, 3.63) is 64.5 Å². The van der Waals surface area contributed by atoms with Crippen LogP contribution in [0, 0.1) is 10.1 Å². The Bertz CT molecular complexity index is 437. The summed E-state index contributed by atoms with van der Waals surface area (Å²) >= 11 is 0. The molecule has 0 fully saturated rings. The van der Waals surface area contributed by atoms with E-state index in [-0.39, 0.29) is 0 Å². The number of nitrogens with zero attached hydrogens (tertiary/aromatic N) is 1. The molecule has 0 aliphatic carbocycles. The molecule has 0 saturated heterocycles. The average molecular weight is 219 g/mol. The average Bonchev–Trinajstić information content (AvgIpc) is 2.29. The summed E-state index contributed by atoms with van der Waals surface area (Å²) in [5.41, 5.74) is 0.0275. The number of carbonyl (C=O) groups is 1. The molecule has 0 amide bonds. The molecule has 0 atom stereocenters. The van der Waals surface area contributed by atoms with Gasteiger partial charge in [-0.3, -0.25) is 10.1 Å². The molecule has 0 aliphatic rings. The van der Waals surface area contributed by atoms with Crippen molar-refractivity contribution in [1.29, 1.82) is 0 Å². The van der Waals surface area contributed by atoms with Gasteiger partial charge in [-0.2, -0.15) is 0 Å². The highest BCUT2D eigenvalue weighted by molar-refractivity contribution is 5.85. The Labute approximate surface area is 91.8 Å². The number of esters is 1. The van der Waals surface area contributed by atoms with E-state index in [1.54, 1.807) is 12.1 Å². The summed E-state index contributed by atoms with van der Waals surface area (Å²) in [5.74, 6) is -1.07. The van der Waals surface area contributed by atoms with E-state index in [4.69, 9.17) is 0 Å². The largest absolute Gasteiger partial charge is 0.426 e. The molecule has 16 heavy (non-hydrogen) atoms. The number of rotatable bonds is 4. The summed E-state index contributed by atoms with van der Waals surface area (Å²) in [5, 5.41) is 10.2. The molecule has 0 unspecified atom stereocenters. The van der Waals surface area contributed by atoms with E-state index in [2.05, 4.69) is 11.3 Å². The van der Waals surface area contributed by atoms with Crippen LogP contribution in [0.2, 0.25) is 0 Å². The smallest absolute Gasteiger partial charge is 0.413 e. The highest BCUT2D eigenvalue weighted by atomic mass is 16.6. The zero-order valence-electron chi connectivity index (χ0n) is 8.33. The third kappa shape index (κ3) is 3.38. The van der Waals surface area contributed by atoms with Crippen LogP contribution in [0.4, 0.5) is 0 Å². The van der Waals surface area contributed by atoms with E-state index in [0.717, 1.165) is 11.8 Å². The van der Waals surface area contributed by atoms with Crippen LogP contribution in [0.25, 0.3) is 6.08 Å². The SMILES string of the molecule is C=C(C(=O)OC=Cc1ccccc1)[N+](=O)[O-]. The first-order valence-corrected chi connectivity index (χ1v) is 4.37. The fourth-order valence-corrected chi connectivity index (χ4v) is 0.881. The Kier molecular flexibility index (Phi) is 3.97. The molecule has 0 aromatic heterocycles. The second-order valence-corrected chi connectivity index (χ2v) is 2.82. The third-order valence-electron chi connectivity index (χ3n) is 1.69. The van der Waals surface area contributed by atoms with Crippen molar-refractivity contribution in [1.82, 2.24) is 0 Å². The molecule has 5 heteroatoms. The van der Waals surface area contributed by atoms with E-state index in [9.17, 15) is 14.9 Å². The zero-order chi connectivity index (χ0) is 12.0. The van der Waals surface area contributed by atoms with E-state index >= 15 is 0 Å². The Morgan fingerprint density at radius 1 is 1.38 bits per heavy atom. The summed E-state index contributed by atoms with van der Waals surface area (Å²) in [4.78, 5) is 20.2. The maximum Gasteiger partial charge on any atom is 0.413 e. The molecule has 1 aromatic carbocycles. The summed E-state index contributed by atoms with van der Waals surface area (Å²) < 4.78 is 4.51. The van der Waals surface area contributed by atoms with Crippen molar-refractivity contribution in [2.45, 2.75) is 0 Å². The Morgan fingerprint density at radius 3 is 2.56 bits per heavy atom. The van der Waals surface area contributed by atoms with Crippen LogP contribution in [0.1, 0.15) is 5.56 Å². The summed E-state index contributed by atoms with van der Waals surface area (Å²) in [6, 6.07) is 9.08. The lowest BCUT2D eigenvalue weighted by molar-refractivity contribution is -0.420. The van der Waals surface area contributed by atoms with Gasteiger partial charge in [-0.15, -0.1) is 0 Å². The number of benzene rings is 1. The van der Waals surface area contributed by atoms with E-state index in [1.807, 2.05) is 18.2 Å². The van der Waals surface area contributed by atoms with Crippen molar-refractivity contribution in [2.75, 3.05) is 0 Å². The number of ether oxygens (including phenoxy) is 1. The fraction of sp³-hybridized carbons (Fsp3) is 0. The topological polar surface area (TPSA) is 69.4 Å². The fourth-order valence-electron chi connectivity index (χ4n) is 0.881. The van der Waals surface area contributed by atoms with Crippen LogP contribution in [0.5, 0.6) is 0 Å². The second-order valence-electron chi connectivity index (χ2n) is 2.82. The van der Waals surface area contributed by atoms with Gasteiger partial charge in [0, 0.05) is 0 Å². The number of hydrogen-bond donors (Lipinski definition) is 0. The Morgan fingerprint density at radius 2 is 2.00 bits per heavy atom. The highest BCUT2D eigenvalue weighted by Gasteiger charge is 2.18. The molecule has 0 aliphatic heterocycles. The first-order chi connectivity index (χ1) is 7.61. The molecule has 82 valence electrons. The molecule has 0 bridgehead atoms. The van der Waals surface area contributed by atoms with Gasteiger partial charge in [0.2, 0.25) is 0 Å². The van der Waals surface area contributed by atoms with Crippen LogP contribution in [-0.2, 0) is 9.53 Å². The minimum absolute atomic E-state index is 0.794. The molecule has 0 saturated carbocycles. The summed E-state index contributed by atoms with van der Waals surface area (Å²) in [6.45, 7) is 2.97. The predicted octanol–water partition coefficient (Wildman–Crippen LogP) is 1.99. The van der Waals surface area contributed by atoms with Crippen molar-refractivity contribution in [2.24, 2.45) is 0 Å². The second kappa shape index (κ2) is 5.45. The van der Waals surface area contributed by atoms with Crippen molar-refractivity contribution in [3.63, 3.8) is 0 Å². The summed E-state index contributed by atoms with van der Waals surface area (Å²) in [6.07, 6.45) is 2.61. The lowest BCUT2D eigenvalue weighted by Crippen LogP contribution is -2.10. The van der Waals surface area contributed by atoms with Gasteiger partial charge < -0.3 is 4.74 Å². The van der Waals surface area contributed by atoms with Crippen LogP contribution >= 0.6 is 0 Å². The number of hydrogen-bond acceptors (Lipinski definition) is 4. The van der Waals surface area contributed by atoms with Crippen molar-refractivity contribution < 1.29 is 14.5 Å². The Balaban J connectivity index is 2.53. The van der Waals surface area contributed by atoms with Gasteiger partial charge in [-0.1, -0.05) is 30.3 Å². The lowest BCUT2D eigenvalue weighted by Gasteiger charge is -1.95. The van der Waals surface area contributed by atoms with Gasteiger partial charge in [0.25, 0.3) is 0 Å². The lowest BCUT2D eigenvalue weighted by atomic mass is 10.2. The predicted molar refractivity (Wildman–Crippen MR) is 57.7 cm³/mol. The number of nitro groups is 1. The standard InChI is InChI=1S/C11H9NO4/c1-9(12(14)15)11(13)16-8-7-10-5-3-2-4-6-10/h2-8H,1H2. The Hall–Kier alpha value is -2.43. The molecule has 0 radical (unpaired) electrons.